The second kappa shape index (κ2) is 9.46. The number of carbonyl (C=O) groups is 3. The normalized spacial score (nSPS) is 14.9. The van der Waals surface area contributed by atoms with Crippen molar-refractivity contribution in [1.82, 2.24) is 5.32 Å². The molecule has 1 fully saturated rings. The summed E-state index contributed by atoms with van der Waals surface area (Å²) in [4.78, 5) is 39.7. The van der Waals surface area contributed by atoms with Crippen molar-refractivity contribution in [3.05, 3.63) is 113 Å². The number of hydrogen-bond acceptors (Lipinski definition) is 4. The summed E-state index contributed by atoms with van der Waals surface area (Å²) in [6, 6.07) is 23.2. The number of barbiturate groups is 1. The van der Waals surface area contributed by atoms with E-state index in [1.807, 2.05) is 37.3 Å². The first-order valence-corrected chi connectivity index (χ1v) is 11.3. The Labute approximate surface area is 206 Å². The average Bonchev–Trinajstić information content (AvgIpc) is 2.86. The highest BCUT2D eigenvalue weighted by atomic mass is 19.1. The SMILES string of the molecule is Cc1ccc(N2C(=O)NC(=O)/C(=C\c3c(OCc4cccc(F)c4)ccc4ccccc34)C2=O)cc1. The Hall–Kier alpha value is -4.78. The van der Waals surface area contributed by atoms with Crippen molar-refractivity contribution in [3.63, 3.8) is 0 Å². The van der Waals surface area contributed by atoms with E-state index in [-0.39, 0.29) is 18.0 Å². The topological polar surface area (TPSA) is 75.7 Å². The van der Waals surface area contributed by atoms with Crippen molar-refractivity contribution in [3.8, 4) is 5.75 Å². The molecule has 1 N–H and O–H groups in total. The van der Waals surface area contributed by atoms with Crippen LogP contribution >= 0.6 is 0 Å². The fourth-order valence-electron chi connectivity index (χ4n) is 4.07. The Morgan fingerprint density at radius 2 is 1.69 bits per heavy atom. The van der Waals surface area contributed by atoms with E-state index in [9.17, 15) is 18.8 Å². The Morgan fingerprint density at radius 3 is 2.47 bits per heavy atom. The predicted octanol–water partition coefficient (Wildman–Crippen LogP) is 5.53. The lowest BCUT2D eigenvalue weighted by Crippen LogP contribution is -2.54. The van der Waals surface area contributed by atoms with Gasteiger partial charge in [-0.3, -0.25) is 14.9 Å². The van der Waals surface area contributed by atoms with E-state index in [0.717, 1.165) is 21.2 Å². The summed E-state index contributed by atoms with van der Waals surface area (Å²) in [5, 5.41) is 3.88. The van der Waals surface area contributed by atoms with Gasteiger partial charge in [0.15, 0.2) is 0 Å². The van der Waals surface area contributed by atoms with Gasteiger partial charge in [0.2, 0.25) is 0 Å². The van der Waals surface area contributed by atoms with Crippen LogP contribution in [-0.4, -0.2) is 17.8 Å². The maximum absolute atomic E-state index is 13.6. The van der Waals surface area contributed by atoms with Gasteiger partial charge in [0, 0.05) is 5.56 Å². The van der Waals surface area contributed by atoms with Gasteiger partial charge in [0.05, 0.1) is 5.69 Å². The third-order valence-corrected chi connectivity index (χ3v) is 5.90. The molecular weight excluding hydrogens is 459 g/mol. The molecule has 36 heavy (non-hydrogen) atoms. The zero-order chi connectivity index (χ0) is 25.2. The number of anilines is 1. The molecule has 4 amide bonds. The lowest BCUT2D eigenvalue weighted by Gasteiger charge is -2.26. The third-order valence-electron chi connectivity index (χ3n) is 5.90. The maximum Gasteiger partial charge on any atom is 0.335 e. The van der Waals surface area contributed by atoms with Gasteiger partial charge in [-0.2, -0.15) is 0 Å². The molecule has 0 aromatic heterocycles. The van der Waals surface area contributed by atoms with Crippen molar-refractivity contribution >= 4 is 40.4 Å². The number of urea groups is 1. The molecule has 0 bridgehead atoms. The van der Waals surface area contributed by atoms with Crippen LogP contribution in [-0.2, 0) is 16.2 Å². The number of fused-ring (bicyclic) bond motifs is 1. The highest BCUT2D eigenvalue weighted by Crippen LogP contribution is 2.32. The smallest absolute Gasteiger partial charge is 0.335 e. The van der Waals surface area contributed by atoms with Crippen molar-refractivity contribution in [2.24, 2.45) is 0 Å². The molecule has 6 nitrogen and oxygen atoms in total. The number of nitrogens with one attached hydrogen (secondary N) is 1. The standard InChI is InChI=1S/C29H21FN2O4/c1-18-9-12-22(13-10-18)32-28(34)25(27(33)31-29(32)35)16-24-23-8-3-2-6-20(23)11-14-26(24)36-17-19-5-4-7-21(30)15-19/h2-16H,17H2,1H3,(H,31,33,35)/b25-16+. The second-order valence-electron chi connectivity index (χ2n) is 8.41. The maximum atomic E-state index is 13.6. The van der Waals surface area contributed by atoms with Crippen molar-refractivity contribution in [2.75, 3.05) is 4.90 Å². The monoisotopic (exact) mass is 480 g/mol. The number of halogens is 1. The molecule has 4 aromatic carbocycles. The van der Waals surface area contributed by atoms with E-state index in [1.54, 1.807) is 42.5 Å². The highest BCUT2D eigenvalue weighted by molar-refractivity contribution is 6.39. The number of hydrogen-bond donors (Lipinski definition) is 1. The minimum absolute atomic E-state index is 0.0837. The number of amides is 4. The van der Waals surface area contributed by atoms with Gasteiger partial charge < -0.3 is 4.74 Å². The lowest BCUT2D eigenvalue weighted by atomic mass is 9.99. The van der Waals surface area contributed by atoms with Gasteiger partial charge in [0.1, 0.15) is 23.7 Å². The molecule has 7 heteroatoms. The van der Waals surface area contributed by atoms with Gasteiger partial charge in [-0.1, -0.05) is 60.2 Å². The summed E-state index contributed by atoms with van der Waals surface area (Å²) in [5.74, 6) is -1.50. The zero-order valence-corrected chi connectivity index (χ0v) is 19.3. The summed E-state index contributed by atoms with van der Waals surface area (Å²) >= 11 is 0. The Morgan fingerprint density at radius 1 is 0.917 bits per heavy atom. The summed E-state index contributed by atoms with van der Waals surface area (Å²) in [6.07, 6.45) is 1.44. The van der Waals surface area contributed by atoms with Crippen molar-refractivity contribution < 1.29 is 23.5 Å². The van der Waals surface area contributed by atoms with Crippen molar-refractivity contribution in [2.45, 2.75) is 13.5 Å². The quantitative estimate of drug-likeness (QED) is 0.301. The van der Waals surface area contributed by atoms with Gasteiger partial charge in [-0.25, -0.2) is 14.1 Å². The molecule has 0 spiro atoms. The van der Waals surface area contributed by atoms with E-state index >= 15 is 0 Å². The Balaban J connectivity index is 1.58. The molecular formula is C29H21FN2O4. The molecule has 5 rings (SSSR count). The van der Waals surface area contributed by atoms with Gasteiger partial charge in [0.25, 0.3) is 11.8 Å². The summed E-state index contributed by atoms with van der Waals surface area (Å²) in [7, 11) is 0. The molecule has 178 valence electrons. The molecule has 1 aliphatic rings. The van der Waals surface area contributed by atoms with Crippen LogP contribution in [0.25, 0.3) is 16.8 Å². The molecule has 1 aliphatic heterocycles. The largest absolute Gasteiger partial charge is 0.488 e. The van der Waals surface area contributed by atoms with E-state index in [1.165, 1.54) is 18.2 Å². The van der Waals surface area contributed by atoms with Crippen LogP contribution in [0.3, 0.4) is 0 Å². The van der Waals surface area contributed by atoms with Gasteiger partial charge >= 0.3 is 6.03 Å². The van der Waals surface area contributed by atoms with Crippen LogP contribution < -0.4 is 15.0 Å². The number of carbonyl (C=O) groups excluding carboxylic acids is 3. The fraction of sp³-hybridized carbons (Fsp3) is 0.0690. The minimum Gasteiger partial charge on any atom is -0.488 e. The first kappa shape index (κ1) is 23.0. The molecule has 1 saturated heterocycles. The number of imide groups is 2. The Kier molecular flexibility index (Phi) is 6.04. The van der Waals surface area contributed by atoms with Crippen LogP contribution in [0.2, 0.25) is 0 Å². The first-order chi connectivity index (χ1) is 17.4. The fourth-order valence-corrected chi connectivity index (χ4v) is 4.07. The molecule has 4 aromatic rings. The number of benzene rings is 4. The summed E-state index contributed by atoms with van der Waals surface area (Å²) in [5.41, 5.74) is 2.24. The van der Waals surface area contributed by atoms with Crippen molar-refractivity contribution in [1.29, 1.82) is 0 Å². The van der Waals surface area contributed by atoms with E-state index < -0.39 is 17.8 Å². The first-order valence-electron chi connectivity index (χ1n) is 11.3. The molecule has 0 aliphatic carbocycles. The lowest BCUT2D eigenvalue weighted by molar-refractivity contribution is -0.122. The van der Waals surface area contributed by atoms with E-state index in [4.69, 9.17) is 4.74 Å². The number of aryl methyl sites for hydroxylation is 1. The van der Waals surface area contributed by atoms with Gasteiger partial charge in [-0.15, -0.1) is 0 Å². The van der Waals surface area contributed by atoms with Gasteiger partial charge in [-0.05, 0) is 59.7 Å². The molecule has 0 saturated carbocycles. The van der Waals surface area contributed by atoms with E-state index in [2.05, 4.69) is 5.32 Å². The van der Waals surface area contributed by atoms with Crippen LogP contribution in [0.4, 0.5) is 14.9 Å². The molecule has 0 atom stereocenters. The van der Waals surface area contributed by atoms with E-state index in [0.29, 0.717) is 22.6 Å². The highest BCUT2D eigenvalue weighted by Gasteiger charge is 2.37. The molecule has 0 unspecified atom stereocenters. The number of ether oxygens (including phenoxy) is 1. The Bertz CT molecular complexity index is 1540. The third kappa shape index (κ3) is 4.46. The summed E-state index contributed by atoms with van der Waals surface area (Å²) in [6.45, 7) is 1.98. The van der Waals surface area contributed by atoms with Crippen LogP contribution in [0.1, 0.15) is 16.7 Å². The zero-order valence-electron chi connectivity index (χ0n) is 19.3. The second-order valence-corrected chi connectivity index (χ2v) is 8.41. The van der Waals surface area contributed by atoms with Crippen LogP contribution in [0.5, 0.6) is 5.75 Å². The van der Waals surface area contributed by atoms with Crippen LogP contribution in [0.15, 0.2) is 90.5 Å². The number of nitrogens with zero attached hydrogens (tertiary/aromatic N) is 1. The summed E-state index contributed by atoms with van der Waals surface area (Å²) < 4.78 is 19.6. The average molecular weight is 480 g/mol. The predicted molar refractivity (Wildman–Crippen MR) is 135 cm³/mol. The molecule has 0 radical (unpaired) electrons. The number of rotatable bonds is 5. The minimum atomic E-state index is -0.813. The van der Waals surface area contributed by atoms with Crippen LogP contribution in [0, 0.1) is 12.7 Å². The molecule has 1 heterocycles.